The maximum Gasteiger partial charge on any atom is 0.137 e. The quantitative estimate of drug-likeness (QED) is 0.877. The smallest absolute Gasteiger partial charge is 0.137 e. The largest absolute Gasteiger partial charge is 0.490 e. The molecule has 0 saturated heterocycles. The maximum absolute atomic E-state index is 6.11. The first-order chi connectivity index (χ1) is 9.65. The van der Waals surface area contributed by atoms with Crippen molar-refractivity contribution in [3.05, 3.63) is 59.9 Å². The predicted molar refractivity (Wildman–Crippen MR) is 81.9 cm³/mol. The molecule has 0 saturated carbocycles. The van der Waals surface area contributed by atoms with E-state index in [4.69, 9.17) is 10.5 Å². The summed E-state index contributed by atoms with van der Waals surface area (Å²) in [5.41, 5.74) is 8.52. The number of rotatable bonds is 6. The minimum Gasteiger partial charge on any atom is -0.490 e. The van der Waals surface area contributed by atoms with Gasteiger partial charge in [-0.2, -0.15) is 0 Å². The summed E-state index contributed by atoms with van der Waals surface area (Å²) in [6.45, 7) is 4.78. The lowest BCUT2D eigenvalue weighted by atomic mass is 10.1. The molecule has 1 unspecified atom stereocenters. The summed E-state index contributed by atoms with van der Waals surface area (Å²) in [7, 11) is 0. The number of hydrogen-bond donors (Lipinski definition) is 1. The van der Waals surface area contributed by atoms with E-state index in [0.717, 1.165) is 12.2 Å². The molecule has 0 radical (unpaired) electrons. The fourth-order valence-electron chi connectivity index (χ4n) is 2.01. The highest BCUT2D eigenvalue weighted by Crippen LogP contribution is 2.18. The third-order valence-corrected chi connectivity index (χ3v) is 3.21. The van der Waals surface area contributed by atoms with E-state index in [-0.39, 0.29) is 6.04 Å². The average Bonchev–Trinajstić information content (AvgIpc) is 2.46. The van der Waals surface area contributed by atoms with Crippen LogP contribution in [0.3, 0.4) is 0 Å². The van der Waals surface area contributed by atoms with Gasteiger partial charge in [-0.05, 0) is 29.5 Å². The minimum atomic E-state index is -0.0138. The lowest BCUT2D eigenvalue weighted by Crippen LogP contribution is -2.30. The summed E-state index contributed by atoms with van der Waals surface area (Å²) < 4.78 is 5.74. The van der Waals surface area contributed by atoms with E-state index in [0.29, 0.717) is 12.5 Å². The van der Waals surface area contributed by atoms with E-state index in [2.05, 4.69) is 31.0 Å². The highest BCUT2D eigenvalue weighted by molar-refractivity contribution is 5.25. The Bertz CT molecular complexity index is 526. The van der Waals surface area contributed by atoms with Crippen molar-refractivity contribution >= 4 is 0 Å². The van der Waals surface area contributed by atoms with Crippen LogP contribution in [0, 0.1) is 0 Å². The maximum atomic E-state index is 6.11. The van der Waals surface area contributed by atoms with Gasteiger partial charge in [0.15, 0.2) is 0 Å². The van der Waals surface area contributed by atoms with Gasteiger partial charge in [-0.25, -0.2) is 0 Å². The van der Waals surface area contributed by atoms with Gasteiger partial charge in [-0.3, -0.25) is 4.98 Å². The first-order valence-electron chi connectivity index (χ1n) is 7.02. The van der Waals surface area contributed by atoms with Crippen LogP contribution < -0.4 is 10.5 Å². The van der Waals surface area contributed by atoms with Crippen LogP contribution >= 0.6 is 0 Å². The van der Waals surface area contributed by atoms with Crippen LogP contribution in [0.15, 0.2) is 48.8 Å². The second-order valence-electron chi connectivity index (χ2n) is 5.37. The monoisotopic (exact) mass is 270 g/mol. The number of ether oxygens (including phenoxy) is 1. The van der Waals surface area contributed by atoms with Gasteiger partial charge in [-0.15, -0.1) is 0 Å². The van der Waals surface area contributed by atoms with E-state index < -0.39 is 0 Å². The molecule has 0 bridgehead atoms. The van der Waals surface area contributed by atoms with Gasteiger partial charge in [0.25, 0.3) is 0 Å². The van der Waals surface area contributed by atoms with E-state index in [1.54, 1.807) is 6.20 Å². The molecular formula is C17H22N2O. The van der Waals surface area contributed by atoms with E-state index in [1.807, 2.05) is 30.5 Å². The lowest BCUT2D eigenvalue weighted by molar-refractivity contribution is 0.286. The normalized spacial score (nSPS) is 12.4. The van der Waals surface area contributed by atoms with Crippen LogP contribution in [-0.4, -0.2) is 17.6 Å². The summed E-state index contributed by atoms with van der Waals surface area (Å²) in [4.78, 5) is 4.20. The van der Waals surface area contributed by atoms with Gasteiger partial charge in [0.1, 0.15) is 12.4 Å². The molecule has 0 amide bonds. The molecule has 2 aromatic rings. The molecule has 0 aliphatic rings. The third-order valence-electron chi connectivity index (χ3n) is 3.21. The third kappa shape index (κ3) is 4.35. The molecule has 1 aromatic carbocycles. The molecule has 0 fully saturated rings. The topological polar surface area (TPSA) is 48.1 Å². The molecule has 2 N–H and O–H groups in total. The number of nitrogens with two attached hydrogens (primary N) is 1. The van der Waals surface area contributed by atoms with Crippen molar-refractivity contribution in [1.29, 1.82) is 0 Å². The zero-order valence-electron chi connectivity index (χ0n) is 12.1. The van der Waals surface area contributed by atoms with Gasteiger partial charge in [0.05, 0.1) is 6.20 Å². The van der Waals surface area contributed by atoms with Crippen LogP contribution in [0.25, 0.3) is 0 Å². The van der Waals surface area contributed by atoms with Crippen molar-refractivity contribution in [2.75, 3.05) is 6.61 Å². The highest BCUT2D eigenvalue weighted by atomic mass is 16.5. The van der Waals surface area contributed by atoms with Crippen LogP contribution in [0.2, 0.25) is 0 Å². The summed E-state index contributed by atoms with van der Waals surface area (Å²) in [6, 6.07) is 12.3. The van der Waals surface area contributed by atoms with Crippen molar-refractivity contribution in [1.82, 2.24) is 4.98 Å². The van der Waals surface area contributed by atoms with Gasteiger partial charge in [-0.1, -0.05) is 44.2 Å². The van der Waals surface area contributed by atoms with Crippen molar-refractivity contribution in [2.24, 2.45) is 5.73 Å². The molecule has 0 aliphatic carbocycles. The van der Waals surface area contributed by atoms with Crippen molar-refractivity contribution in [3.63, 3.8) is 0 Å². The van der Waals surface area contributed by atoms with Crippen LogP contribution in [-0.2, 0) is 6.42 Å². The van der Waals surface area contributed by atoms with Crippen molar-refractivity contribution in [2.45, 2.75) is 32.2 Å². The fourth-order valence-corrected chi connectivity index (χ4v) is 2.01. The van der Waals surface area contributed by atoms with Crippen LogP contribution in [0.1, 0.15) is 30.9 Å². The van der Waals surface area contributed by atoms with Crippen LogP contribution in [0.4, 0.5) is 0 Å². The summed E-state index contributed by atoms with van der Waals surface area (Å²) in [6.07, 6.45) is 4.43. The number of hydrogen-bond acceptors (Lipinski definition) is 3. The molecule has 20 heavy (non-hydrogen) atoms. The zero-order valence-corrected chi connectivity index (χ0v) is 12.1. The molecule has 1 aromatic heterocycles. The Kier molecular flexibility index (Phi) is 5.13. The van der Waals surface area contributed by atoms with Gasteiger partial charge in [0.2, 0.25) is 0 Å². The molecule has 1 heterocycles. The van der Waals surface area contributed by atoms with Gasteiger partial charge in [0, 0.05) is 12.2 Å². The Morgan fingerprint density at radius 3 is 2.60 bits per heavy atom. The highest BCUT2D eigenvalue weighted by Gasteiger charge is 2.07. The van der Waals surface area contributed by atoms with Gasteiger partial charge >= 0.3 is 0 Å². The molecule has 1 atom stereocenters. The van der Waals surface area contributed by atoms with Crippen molar-refractivity contribution in [3.8, 4) is 5.75 Å². The number of pyridine rings is 1. The lowest BCUT2D eigenvalue weighted by Gasteiger charge is -2.14. The van der Waals surface area contributed by atoms with E-state index in [1.165, 1.54) is 11.1 Å². The SMILES string of the molecule is CC(C)c1cncc(OCC(N)Cc2ccccc2)c1. The summed E-state index contributed by atoms with van der Waals surface area (Å²) >= 11 is 0. The Labute approximate surface area is 120 Å². The van der Waals surface area contributed by atoms with Crippen molar-refractivity contribution < 1.29 is 4.74 Å². The fraction of sp³-hybridized carbons (Fsp3) is 0.353. The minimum absolute atomic E-state index is 0.0138. The number of benzene rings is 1. The Hall–Kier alpha value is -1.87. The Balaban J connectivity index is 1.87. The Morgan fingerprint density at radius 2 is 1.90 bits per heavy atom. The van der Waals surface area contributed by atoms with E-state index in [9.17, 15) is 0 Å². The first kappa shape index (κ1) is 14.5. The molecule has 106 valence electrons. The van der Waals surface area contributed by atoms with Crippen LogP contribution in [0.5, 0.6) is 5.75 Å². The average molecular weight is 270 g/mol. The number of nitrogens with zero attached hydrogens (tertiary/aromatic N) is 1. The second kappa shape index (κ2) is 7.06. The first-order valence-corrected chi connectivity index (χ1v) is 7.02. The number of aromatic nitrogens is 1. The summed E-state index contributed by atoms with van der Waals surface area (Å²) in [5.74, 6) is 1.24. The molecule has 0 spiro atoms. The van der Waals surface area contributed by atoms with Gasteiger partial charge < -0.3 is 10.5 Å². The molecular weight excluding hydrogens is 248 g/mol. The standard InChI is InChI=1S/C17H22N2O/c1-13(2)15-9-17(11-19-10-15)20-12-16(18)8-14-6-4-3-5-7-14/h3-7,9-11,13,16H,8,12,18H2,1-2H3. The summed E-state index contributed by atoms with van der Waals surface area (Å²) in [5, 5.41) is 0. The molecule has 3 heteroatoms. The molecule has 3 nitrogen and oxygen atoms in total. The Morgan fingerprint density at radius 1 is 1.15 bits per heavy atom. The molecule has 0 aliphatic heterocycles. The zero-order chi connectivity index (χ0) is 14.4. The predicted octanol–water partition coefficient (Wildman–Crippen LogP) is 3.15. The van der Waals surface area contributed by atoms with E-state index >= 15 is 0 Å². The second-order valence-corrected chi connectivity index (χ2v) is 5.37. The molecule has 2 rings (SSSR count).